The predicted octanol–water partition coefficient (Wildman–Crippen LogP) is 3.94. The summed E-state index contributed by atoms with van der Waals surface area (Å²) in [6.07, 6.45) is 3.03. The van der Waals surface area contributed by atoms with E-state index in [1.54, 1.807) is 7.11 Å². The van der Waals surface area contributed by atoms with Gasteiger partial charge < -0.3 is 10.1 Å². The van der Waals surface area contributed by atoms with Crippen LogP contribution in [0.25, 0.3) is 0 Å². The van der Waals surface area contributed by atoms with E-state index in [9.17, 15) is 4.79 Å². The number of hydrogen-bond acceptors (Lipinski definition) is 2. The van der Waals surface area contributed by atoms with Gasteiger partial charge in [0.1, 0.15) is 0 Å². The summed E-state index contributed by atoms with van der Waals surface area (Å²) in [6.45, 7) is 13.2. The van der Waals surface area contributed by atoms with Crippen LogP contribution < -0.4 is 5.32 Å². The lowest BCUT2D eigenvalue weighted by Gasteiger charge is -2.26. The van der Waals surface area contributed by atoms with Gasteiger partial charge in [0.15, 0.2) is 0 Å². The maximum atomic E-state index is 12.4. The second-order valence-electron chi connectivity index (χ2n) is 5.95. The highest BCUT2D eigenvalue weighted by atomic mass is 16.5. The lowest BCUT2D eigenvalue weighted by molar-refractivity contribution is -0.127. The molecule has 1 unspecified atom stereocenters. The number of carbonyl (C=O) groups excluding carboxylic acids is 1. The van der Waals surface area contributed by atoms with Crippen molar-refractivity contribution in [1.29, 1.82) is 0 Å². The zero-order valence-corrected chi connectivity index (χ0v) is 14.4. The second-order valence-corrected chi connectivity index (χ2v) is 5.95. The SMILES string of the molecule is CCC[C@H](NC(=O)C(C)[C@@H](CC)COC)C(C)=C(C)C. The largest absolute Gasteiger partial charge is 0.384 e. The van der Waals surface area contributed by atoms with Crippen LogP contribution in [0, 0.1) is 11.8 Å². The number of nitrogens with one attached hydrogen (secondary N) is 1. The molecule has 3 atom stereocenters. The molecule has 0 saturated heterocycles. The summed E-state index contributed by atoms with van der Waals surface area (Å²) < 4.78 is 5.22. The third kappa shape index (κ3) is 6.08. The van der Waals surface area contributed by atoms with Crippen LogP contribution >= 0.6 is 0 Å². The molecule has 0 aromatic heterocycles. The fourth-order valence-corrected chi connectivity index (χ4v) is 2.38. The van der Waals surface area contributed by atoms with Gasteiger partial charge in [0.2, 0.25) is 5.91 Å². The van der Waals surface area contributed by atoms with Crippen LogP contribution in [0.4, 0.5) is 0 Å². The molecule has 0 rings (SSSR count). The Bertz CT molecular complexity index is 319. The lowest BCUT2D eigenvalue weighted by atomic mass is 9.90. The Morgan fingerprint density at radius 2 is 1.80 bits per heavy atom. The standard InChI is InChI=1S/C17H33NO2/c1-8-10-16(13(5)12(3)4)18-17(19)14(6)15(9-2)11-20-7/h14-16H,8-11H2,1-7H3,(H,18,19)/t14?,15-,16-/m0/s1. The van der Waals surface area contributed by atoms with Crippen LogP contribution in [0.2, 0.25) is 0 Å². The Hall–Kier alpha value is -0.830. The minimum atomic E-state index is -0.00994. The summed E-state index contributed by atoms with van der Waals surface area (Å²) in [5, 5.41) is 3.22. The molecule has 0 heterocycles. The minimum absolute atomic E-state index is 0.00994. The number of allylic oxidation sites excluding steroid dienone is 1. The summed E-state index contributed by atoms with van der Waals surface area (Å²) in [4.78, 5) is 12.4. The number of amides is 1. The monoisotopic (exact) mass is 283 g/mol. The third-order valence-electron chi connectivity index (χ3n) is 4.23. The molecule has 0 aliphatic rings. The molecule has 0 aromatic carbocycles. The second kappa shape index (κ2) is 9.98. The third-order valence-corrected chi connectivity index (χ3v) is 4.23. The highest BCUT2D eigenvalue weighted by Gasteiger charge is 2.25. The summed E-state index contributed by atoms with van der Waals surface area (Å²) >= 11 is 0. The predicted molar refractivity (Wildman–Crippen MR) is 85.7 cm³/mol. The molecule has 0 radical (unpaired) electrons. The number of methoxy groups -OCH3 is 1. The van der Waals surface area contributed by atoms with Crippen molar-refractivity contribution in [2.45, 2.75) is 66.8 Å². The van der Waals surface area contributed by atoms with Gasteiger partial charge in [0.25, 0.3) is 0 Å². The highest BCUT2D eigenvalue weighted by Crippen LogP contribution is 2.18. The normalized spacial score (nSPS) is 15.3. The fourth-order valence-electron chi connectivity index (χ4n) is 2.38. The maximum Gasteiger partial charge on any atom is 0.223 e. The van der Waals surface area contributed by atoms with Crippen molar-refractivity contribution in [3.05, 3.63) is 11.1 Å². The van der Waals surface area contributed by atoms with E-state index in [0.29, 0.717) is 6.61 Å². The van der Waals surface area contributed by atoms with Crippen molar-refractivity contribution < 1.29 is 9.53 Å². The van der Waals surface area contributed by atoms with Crippen LogP contribution in [-0.4, -0.2) is 25.7 Å². The average Bonchev–Trinajstić information content (AvgIpc) is 2.42. The molecule has 1 N–H and O–H groups in total. The molecule has 0 aliphatic heterocycles. The molecule has 0 bridgehead atoms. The molecule has 0 fully saturated rings. The average molecular weight is 283 g/mol. The van der Waals surface area contributed by atoms with Gasteiger partial charge in [-0.3, -0.25) is 4.79 Å². The number of rotatable bonds is 9. The Morgan fingerprint density at radius 3 is 2.20 bits per heavy atom. The van der Waals surface area contributed by atoms with Gasteiger partial charge in [0, 0.05) is 25.7 Å². The van der Waals surface area contributed by atoms with E-state index in [1.807, 2.05) is 6.92 Å². The molecule has 20 heavy (non-hydrogen) atoms. The number of hydrogen-bond donors (Lipinski definition) is 1. The van der Waals surface area contributed by atoms with E-state index >= 15 is 0 Å². The van der Waals surface area contributed by atoms with E-state index in [-0.39, 0.29) is 23.8 Å². The summed E-state index contributed by atoms with van der Waals surface area (Å²) in [5.74, 6) is 0.423. The van der Waals surface area contributed by atoms with Gasteiger partial charge in [-0.25, -0.2) is 0 Å². The molecular weight excluding hydrogens is 250 g/mol. The van der Waals surface area contributed by atoms with E-state index in [1.165, 1.54) is 11.1 Å². The van der Waals surface area contributed by atoms with Gasteiger partial charge in [0.05, 0.1) is 0 Å². The van der Waals surface area contributed by atoms with Crippen molar-refractivity contribution in [1.82, 2.24) is 5.32 Å². The molecule has 1 amide bonds. The summed E-state index contributed by atoms with van der Waals surface area (Å²) in [6, 6.07) is 0.167. The molecule has 0 aromatic rings. The lowest BCUT2D eigenvalue weighted by Crippen LogP contribution is -2.41. The van der Waals surface area contributed by atoms with E-state index < -0.39 is 0 Å². The Kier molecular flexibility index (Phi) is 9.56. The van der Waals surface area contributed by atoms with Gasteiger partial charge in [-0.05, 0) is 33.1 Å². The zero-order chi connectivity index (χ0) is 15.7. The molecule has 0 saturated carbocycles. The molecule has 118 valence electrons. The first-order valence-corrected chi connectivity index (χ1v) is 7.82. The summed E-state index contributed by atoms with van der Waals surface area (Å²) in [7, 11) is 1.69. The zero-order valence-electron chi connectivity index (χ0n) is 14.4. The van der Waals surface area contributed by atoms with Gasteiger partial charge in [-0.15, -0.1) is 0 Å². The van der Waals surface area contributed by atoms with Crippen molar-refractivity contribution in [3.63, 3.8) is 0 Å². The number of carbonyl (C=O) groups is 1. The molecule has 3 nitrogen and oxygen atoms in total. The van der Waals surface area contributed by atoms with E-state index in [0.717, 1.165) is 19.3 Å². The van der Waals surface area contributed by atoms with E-state index in [4.69, 9.17) is 4.74 Å². The Balaban J connectivity index is 4.79. The molecular formula is C17H33NO2. The van der Waals surface area contributed by atoms with Gasteiger partial charge >= 0.3 is 0 Å². The minimum Gasteiger partial charge on any atom is -0.384 e. The summed E-state index contributed by atoms with van der Waals surface area (Å²) in [5.41, 5.74) is 2.58. The molecule has 3 heteroatoms. The number of ether oxygens (including phenoxy) is 1. The Morgan fingerprint density at radius 1 is 1.20 bits per heavy atom. The van der Waals surface area contributed by atoms with Crippen LogP contribution in [0.15, 0.2) is 11.1 Å². The Labute approximate surface area is 125 Å². The van der Waals surface area contributed by atoms with E-state index in [2.05, 4.69) is 39.9 Å². The van der Waals surface area contributed by atoms with Crippen LogP contribution in [0.5, 0.6) is 0 Å². The molecule has 0 aliphatic carbocycles. The fraction of sp³-hybridized carbons (Fsp3) is 0.824. The highest BCUT2D eigenvalue weighted by molar-refractivity contribution is 5.79. The topological polar surface area (TPSA) is 38.3 Å². The quantitative estimate of drug-likeness (QED) is 0.651. The van der Waals surface area contributed by atoms with Gasteiger partial charge in [-0.2, -0.15) is 0 Å². The first kappa shape index (κ1) is 19.2. The van der Waals surface area contributed by atoms with Crippen LogP contribution in [-0.2, 0) is 9.53 Å². The van der Waals surface area contributed by atoms with Crippen molar-refractivity contribution in [2.24, 2.45) is 11.8 Å². The van der Waals surface area contributed by atoms with Crippen LogP contribution in [0.3, 0.4) is 0 Å². The van der Waals surface area contributed by atoms with Gasteiger partial charge in [-0.1, -0.05) is 44.8 Å². The molecule has 0 spiro atoms. The van der Waals surface area contributed by atoms with Crippen molar-refractivity contribution in [2.75, 3.05) is 13.7 Å². The van der Waals surface area contributed by atoms with Crippen LogP contribution in [0.1, 0.15) is 60.8 Å². The van der Waals surface area contributed by atoms with Crippen molar-refractivity contribution >= 4 is 5.91 Å². The maximum absolute atomic E-state index is 12.4. The van der Waals surface area contributed by atoms with Crippen molar-refractivity contribution in [3.8, 4) is 0 Å². The first-order valence-electron chi connectivity index (χ1n) is 7.82. The smallest absolute Gasteiger partial charge is 0.223 e. The first-order chi connectivity index (χ1) is 9.38.